The van der Waals surface area contributed by atoms with Gasteiger partial charge in [-0.3, -0.25) is 0 Å². The number of thioether (sulfide) groups is 1. The van der Waals surface area contributed by atoms with Gasteiger partial charge in [-0.2, -0.15) is 0 Å². The highest BCUT2D eigenvalue weighted by atomic mass is 32.2. The van der Waals surface area contributed by atoms with Gasteiger partial charge in [0.2, 0.25) is 0 Å². The van der Waals surface area contributed by atoms with E-state index in [9.17, 15) is 0 Å². The summed E-state index contributed by atoms with van der Waals surface area (Å²) in [5.74, 6) is 0. The third-order valence-corrected chi connectivity index (χ3v) is 2.16. The monoisotopic (exact) mass is 170 g/mol. The second-order valence-corrected chi connectivity index (χ2v) is 3.03. The molecule has 0 unspecified atom stereocenters. The first-order valence-corrected chi connectivity index (χ1v) is 4.46. The topological polar surface area (TPSA) is 40.5 Å². The van der Waals surface area contributed by atoms with Crippen LogP contribution < -0.4 is 0 Å². The van der Waals surface area contributed by atoms with Crippen LogP contribution in [-0.4, -0.2) is 16.5 Å². The van der Waals surface area contributed by atoms with E-state index >= 15 is 0 Å². The highest BCUT2D eigenvalue weighted by Crippen LogP contribution is 2.17. The van der Waals surface area contributed by atoms with Crippen LogP contribution in [0.5, 0.6) is 0 Å². The normalized spacial score (nSPS) is 10.5. The quantitative estimate of drug-likeness (QED) is 0.520. The van der Waals surface area contributed by atoms with E-state index in [2.05, 4.69) is 0 Å². The Bertz CT molecular complexity index is 218. The van der Waals surface area contributed by atoms with Gasteiger partial charge in [-0.05, 0) is 18.4 Å². The molecule has 0 heterocycles. The first-order valence-electron chi connectivity index (χ1n) is 3.24. The van der Waals surface area contributed by atoms with E-state index in [0.717, 1.165) is 4.90 Å². The van der Waals surface area contributed by atoms with Gasteiger partial charge in [-0.1, -0.05) is 12.1 Å². The molecular formula is C8H10O2S. The Kier molecular flexibility index (Phi) is 2.93. The summed E-state index contributed by atoms with van der Waals surface area (Å²) in [6, 6.07) is 7.13. The summed E-state index contributed by atoms with van der Waals surface area (Å²) in [6.45, 7) is 0. The van der Waals surface area contributed by atoms with Crippen LogP contribution in [0.1, 0.15) is 11.9 Å². The average molecular weight is 170 g/mol. The minimum atomic E-state index is -1.36. The number of rotatable bonds is 2. The zero-order valence-corrected chi connectivity index (χ0v) is 7.01. The average Bonchev–Trinajstić information content (AvgIpc) is 2.05. The summed E-state index contributed by atoms with van der Waals surface area (Å²) in [4.78, 5) is 1.12. The van der Waals surface area contributed by atoms with Gasteiger partial charge in [0.25, 0.3) is 0 Å². The van der Waals surface area contributed by atoms with Crippen molar-refractivity contribution < 1.29 is 10.2 Å². The Hall–Kier alpha value is -0.510. The lowest BCUT2D eigenvalue weighted by Crippen LogP contribution is -1.93. The Morgan fingerprint density at radius 3 is 2.09 bits per heavy atom. The molecule has 1 aromatic rings. The molecule has 0 spiro atoms. The van der Waals surface area contributed by atoms with Crippen molar-refractivity contribution in [1.82, 2.24) is 0 Å². The van der Waals surface area contributed by atoms with Crippen molar-refractivity contribution in [2.24, 2.45) is 0 Å². The summed E-state index contributed by atoms with van der Waals surface area (Å²) >= 11 is 1.63. The molecule has 11 heavy (non-hydrogen) atoms. The van der Waals surface area contributed by atoms with Crippen LogP contribution in [-0.2, 0) is 0 Å². The third kappa shape index (κ3) is 2.22. The van der Waals surface area contributed by atoms with Gasteiger partial charge in [0, 0.05) is 10.5 Å². The first-order chi connectivity index (χ1) is 5.24. The predicted octanol–water partition coefficient (Wildman–Crippen LogP) is 1.39. The lowest BCUT2D eigenvalue weighted by molar-refractivity contribution is -0.0425. The molecule has 2 nitrogen and oxygen atoms in total. The predicted molar refractivity (Wildman–Crippen MR) is 45.4 cm³/mol. The number of benzene rings is 1. The fraction of sp³-hybridized carbons (Fsp3) is 0.250. The van der Waals surface area contributed by atoms with Gasteiger partial charge < -0.3 is 10.2 Å². The Morgan fingerprint density at radius 1 is 1.18 bits per heavy atom. The minimum Gasteiger partial charge on any atom is -0.364 e. The summed E-state index contributed by atoms with van der Waals surface area (Å²) < 4.78 is 0. The molecule has 0 saturated heterocycles. The highest BCUT2D eigenvalue weighted by molar-refractivity contribution is 7.98. The highest BCUT2D eigenvalue weighted by Gasteiger charge is 2.00. The molecule has 0 atom stereocenters. The maximum absolute atomic E-state index is 8.74. The molecule has 1 aromatic carbocycles. The summed E-state index contributed by atoms with van der Waals surface area (Å²) in [6.07, 6.45) is 0.621. The maximum atomic E-state index is 8.74. The Morgan fingerprint density at radius 2 is 1.73 bits per heavy atom. The fourth-order valence-electron chi connectivity index (χ4n) is 0.776. The largest absolute Gasteiger partial charge is 0.364 e. The zero-order valence-electron chi connectivity index (χ0n) is 6.19. The number of aliphatic hydroxyl groups excluding tert-OH is 1. The fourth-order valence-corrected chi connectivity index (χ4v) is 1.18. The van der Waals surface area contributed by atoms with Crippen molar-refractivity contribution >= 4 is 11.8 Å². The third-order valence-electron chi connectivity index (χ3n) is 1.41. The van der Waals surface area contributed by atoms with Crippen molar-refractivity contribution in [3.05, 3.63) is 29.8 Å². The number of hydrogen-bond acceptors (Lipinski definition) is 3. The van der Waals surface area contributed by atoms with Crippen LogP contribution in [0.3, 0.4) is 0 Å². The molecule has 0 aliphatic rings. The zero-order chi connectivity index (χ0) is 8.27. The Labute approximate surface area is 69.9 Å². The molecule has 2 N–H and O–H groups in total. The van der Waals surface area contributed by atoms with Gasteiger partial charge in [0.1, 0.15) is 0 Å². The molecule has 60 valence electrons. The summed E-state index contributed by atoms with van der Waals surface area (Å²) in [5, 5.41) is 17.5. The standard InChI is InChI=1S/C8H10O2S/c1-11-7-4-2-6(3-5-7)8(9)10/h2-5,8-10H,1H3. The van der Waals surface area contributed by atoms with Gasteiger partial charge in [0.15, 0.2) is 6.29 Å². The van der Waals surface area contributed by atoms with Gasteiger partial charge >= 0.3 is 0 Å². The maximum Gasteiger partial charge on any atom is 0.178 e. The summed E-state index contributed by atoms with van der Waals surface area (Å²) in [7, 11) is 0. The second kappa shape index (κ2) is 3.76. The van der Waals surface area contributed by atoms with Crippen molar-refractivity contribution in [2.45, 2.75) is 11.2 Å². The van der Waals surface area contributed by atoms with Crippen LogP contribution in [0, 0.1) is 0 Å². The second-order valence-electron chi connectivity index (χ2n) is 2.15. The van der Waals surface area contributed by atoms with E-state index < -0.39 is 6.29 Å². The van der Waals surface area contributed by atoms with Crippen LogP contribution >= 0.6 is 11.8 Å². The molecule has 0 aliphatic heterocycles. The van der Waals surface area contributed by atoms with E-state index in [-0.39, 0.29) is 0 Å². The first kappa shape index (κ1) is 8.59. The van der Waals surface area contributed by atoms with E-state index in [1.807, 2.05) is 18.4 Å². The van der Waals surface area contributed by atoms with Gasteiger partial charge in [-0.25, -0.2) is 0 Å². The molecule has 0 aliphatic carbocycles. The van der Waals surface area contributed by atoms with Gasteiger partial charge in [0.05, 0.1) is 0 Å². The smallest absolute Gasteiger partial charge is 0.178 e. The van der Waals surface area contributed by atoms with Crippen LogP contribution in [0.25, 0.3) is 0 Å². The molecule has 0 saturated carbocycles. The molecule has 0 aromatic heterocycles. The van der Waals surface area contributed by atoms with Crippen LogP contribution in [0.4, 0.5) is 0 Å². The molecule has 0 radical (unpaired) electrons. The number of aliphatic hydroxyl groups is 2. The van der Waals surface area contributed by atoms with Crippen LogP contribution in [0.2, 0.25) is 0 Å². The molecule has 3 heteroatoms. The molecule has 0 bridgehead atoms. The van der Waals surface area contributed by atoms with E-state index in [4.69, 9.17) is 10.2 Å². The molecule has 1 rings (SSSR count). The van der Waals surface area contributed by atoms with Crippen molar-refractivity contribution in [1.29, 1.82) is 0 Å². The number of hydrogen-bond donors (Lipinski definition) is 2. The van der Waals surface area contributed by atoms with Crippen molar-refractivity contribution in [3.63, 3.8) is 0 Å². The lowest BCUT2D eigenvalue weighted by Gasteiger charge is -2.03. The van der Waals surface area contributed by atoms with E-state index in [0.29, 0.717) is 5.56 Å². The van der Waals surface area contributed by atoms with E-state index in [1.54, 1.807) is 23.9 Å². The Balaban J connectivity index is 2.83. The minimum absolute atomic E-state index is 0.530. The molecule has 0 fully saturated rings. The SMILES string of the molecule is CSc1ccc(C(O)O)cc1. The molecular weight excluding hydrogens is 160 g/mol. The van der Waals surface area contributed by atoms with E-state index in [1.165, 1.54) is 0 Å². The molecule has 0 amide bonds. The van der Waals surface area contributed by atoms with Crippen molar-refractivity contribution in [2.75, 3.05) is 6.26 Å². The van der Waals surface area contributed by atoms with Gasteiger partial charge in [-0.15, -0.1) is 11.8 Å². The van der Waals surface area contributed by atoms with Crippen molar-refractivity contribution in [3.8, 4) is 0 Å². The lowest BCUT2D eigenvalue weighted by atomic mass is 10.2. The summed E-state index contributed by atoms with van der Waals surface area (Å²) in [5.41, 5.74) is 0.530. The van der Waals surface area contributed by atoms with Crippen LogP contribution in [0.15, 0.2) is 29.2 Å².